The van der Waals surface area contributed by atoms with Gasteiger partial charge in [-0.15, -0.1) is 0 Å². The summed E-state index contributed by atoms with van der Waals surface area (Å²) in [6.45, 7) is 0. The van der Waals surface area contributed by atoms with Crippen molar-refractivity contribution in [1.29, 1.82) is 0 Å². The van der Waals surface area contributed by atoms with E-state index < -0.39 is 0 Å². The molecule has 0 radical (unpaired) electrons. The Balaban J connectivity index is 2.16. The molecular weight excluding hydrogens is 231 g/mol. The summed E-state index contributed by atoms with van der Waals surface area (Å²) in [6, 6.07) is 10.4. The van der Waals surface area contributed by atoms with E-state index in [-0.39, 0.29) is 11.4 Å². The quantitative estimate of drug-likeness (QED) is 0.745. The minimum atomic E-state index is -0.358. The highest BCUT2D eigenvalue weighted by Crippen LogP contribution is 2.29. The molecule has 0 aliphatic heterocycles. The average molecular weight is 242 g/mol. The SMILES string of the molecule is CNc1ccnc(-c2cc3cccc(F)c3o2)c1. The fraction of sp³-hybridized carbons (Fsp3) is 0.0714. The number of furan rings is 1. The molecule has 0 spiro atoms. The fourth-order valence-corrected chi connectivity index (χ4v) is 1.87. The van der Waals surface area contributed by atoms with Crippen molar-refractivity contribution >= 4 is 16.7 Å². The van der Waals surface area contributed by atoms with Gasteiger partial charge in [-0.05, 0) is 24.3 Å². The van der Waals surface area contributed by atoms with Crippen LogP contribution < -0.4 is 5.32 Å². The molecule has 0 saturated heterocycles. The second-order valence-electron chi connectivity index (χ2n) is 3.95. The molecule has 0 unspecified atom stereocenters. The van der Waals surface area contributed by atoms with Crippen LogP contribution in [0.3, 0.4) is 0 Å². The van der Waals surface area contributed by atoms with Crippen LogP contribution in [0.15, 0.2) is 47.0 Å². The molecule has 0 bridgehead atoms. The number of rotatable bonds is 2. The zero-order valence-corrected chi connectivity index (χ0v) is 9.77. The van der Waals surface area contributed by atoms with E-state index in [1.54, 1.807) is 18.3 Å². The van der Waals surface area contributed by atoms with Crippen molar-refractivity contribution in [2.75, 3.05) is 12.4 Å². The molecule has 2 aromatic heterocycles. The summed E-state index contributed by atoms with van der Waals surface area (Å²) in [5.41, 5.74) is 1.88. The van der Waals surface area contributed by atoms with Gasteiger partial charge in [0.1, 0.15) is 5.69 Å². The summed E-state index contributed by atoms with van der Waals surface area (Å²) in [5.74, 6) is 0.204. The van der Waals surface area contributed by atoms with E-state index in [0.717, 1.165) is 11.1 Å². The first-order valence-electron chi connectivity index (χ1n) is 5.60. The van der Waals surface area contributed by atoms with E-state index in [2.05, 4.69) is 10.3 Å². The third-order valence-electron chi connectivity index (χ3n) is 2.80. The Morgan fingerprint density at radius 3 is 2.89 bits per heavy atom. The topological polar surface area (TPSA) is 38.1 Å². The Bertz CT molecular complexity index is 706. The van der Waals surface area contributed by atoms with Gasteiger partial charge >= 0.3 is 0 Å². The molecule has 3 nitrogen and oxygen atoms in total. The van der Waals surface area contributed by atoms with Crippen LogP contribution in [0, 0.1) is 5.82 Å². The molecule has 90 valence electrons. The smallest absolute Gasteiger partial charge is 0.170 e. The average Bonchev–Trinajstić information content (AvgIpc) is 2.84. The van der Waals surface area contributed by atoms with E-state index in [1.807, 2.05) is 25.2 Å². The van der Waals surface area contributed by atoms with Gasteiger partial charge in [0.05, 0.1) is 0 Å². The molecule has 0 amide bonds. The Morgan fingerprint density at radius 2 is 2.11 bits per heavy atom. The molecule has 1 aromatic carbocycles. The van der Waals surface area contributed by atoms with Crippen LogP contribution in [0.1, 0.15) is 0 Å². The summed E-state index contributed by atoms with van der Waals surface area (Å²) in [6.07, 6.45) is 1.69. The number of nitrogens with zero attached hydrogens (tertiary/aromatic N) is 1. The van der Waals surface area contributed by atoms with Crippen molar-refractivity contribution in [2.24, 2.45) is 0 Å². The largest absolute Gasteiger partial charge is 0.451 e. The maximum absolute atomic E-state index is 13.5. The molecule has 2 heterocycles. The summed E-state index contributed by atoms with van der Waals surface area (Å²) < 4.78 is 19.1. The van der Waals surface area contributed by atoms with Gasteiger partial charge in [-0.1, -0.05) is 12.1 Å². The standard InChI is InChI=1S/C14H11FN2O/c1-16-10-5-6-17-12(8-10)13-7-9-3-2-4-11(15)14(9)18-13/h2-8H,1H3,(H,16,17). The summed E-state index contributed by atoms with van der Waals surface area (Å²) in [5, 5.41) is 3.76. The molecule has 18 heavy (non-hydrogen) atoms. The van der Waals surface area contributed by atoms with Gasteiger partial charge in [-0.25, -0.2) is 4.39 Å². The zero-order chi connectivity index (χ0) is 12.5. The number of halogens is 1. The highest BCUT2D eigenvalue weighted by atomic mass is 19.1. The molecule has 3 rings (SSSR count). The van der Waals surface area contributed by atoms with Crippen LogP contribution in [-0.4, -0.2) is 12.0 Å². The van der Waals surface area contributed by atoms with E-state index in [9.17, 15) is 4.39 Å². The van der Waals surface area contributed by atoms with Crippen molar-refractivity contribution in [3.05, 3.63) is 48.4 Å². The Hall–Kier alpha value is -2.36. The van der Waals surface area contributed by atoms with Gasteiger partial charge in [0, 0.05) is 24.3 Å². The lowest BCUT2D eigenvalue weighted by molar-refractivity contribution is 0.567. The van der Waals surface area contributed by atoms with Gasteiger partial charge in [0.2, 0.25) is 0 Å². The number of pyridine rings is 1. The van der Waals surface area contributed by atoms with E-state index in [4.69, 9.17) is 4.42 Å². The number of fused-ring (bicyclic) bond motifs is 1. The molecule has 4 heteroatoms. The zero-order valence-electron chi connectivity index (χ0n) is 9.77. The first-order valence-corrected chi connectivity index (χ1v) is 5.60. The minimum Gasteiger partial charge on any atom is -0.451 e. The number of hydrogen-bond donors (Lipinski definition) is 1. The molecule has 0 aliphatic rings. The molecule has 0 atom stereocenters. The molecular formula is C14H11FN2O. The van der Waals surface area contributed by atoms with Gasteiger partial charge in [-0.2, -0.15) is 0 Å². The number of para-hydroxylation sites is 1. The lowest BCUT2D eigenvalue weighted by Gasteiger charge is -2.00. The van der Waals surface area contributed by atoms with E-state index in [1.165, 1.54) is 6.07 Å². The molecule has 3 aromatic rings. The van der Waals surface area contributed by atoms with Crippen LogP contribution in [0.2, 0.25) is 0 Å². The lowest BCUT2D eigenvalue weighted by Crippen LogP contribution is -1.89. The maximum Gasteiger partial charge on any atom is 0.170 e. The first-order chi connectivity index (χ1) is 8.78. The highest BCUT2D eigenvalue weighted by Gasteiger charge is 2.10. The van der Waals surface area contributed by atoms with Crippen LogP contribution in [0.4, 0.5) is 10.1 Å². The Morgan fingerprint density at radius 1 is 1.22 bits per heavy atom. The van der Waals surface area contributed by atoms with Gasteiger partial charge in [0.15, 0.2) is 17.2 Å². The predicted molar refractivity (Wildman–Crippen MR) is 68.9 cm³/mol. The van der Waals surface area contributed by atoms with Crippen molar-refractivity contribution in [1.82, 2.24) is 4.98 Å². The minimum absolute atomic E-state index is 0.268. The monoisotopic (exact) mass is 242 g/mol. The number of benzene rings is 1. The van der Waals surface area contributed by atoms with Gasteiger partial charge in [-0.3, -0.25) is 4.98 Å². The van der Waals surface area contributed by atoms with E-state index >= 15 is 0 Å². The lowest BCUT2D eigenvalue weighted by atomic mass is 10.2. The van der Waals surface area contributed by atoms with Crippen LogP contribution in [0.5, 0.6) is 0 Å². The van der Waals surface area contributed by atoms with Crippen molar-refractivity contribution < 1.29 is 8.81 Å². The van der Waals surface area contributed by atoms with Crippen molar-refractivity contribution in [3.8, 4) is 11.5 Å². The normalized spacial score (nSPS) is 10.8. The van der Waals surface area contributed by atoms with Crippen LogP contribution >= 0.6 is 0 Å². The second kappa shape index (κ2) is 4.14. The molecule has 0 aliphatic carbocycles. The predicted octanol–water partition coefficient (Wildman–Crippen LogP) is 3.68. The van der Waals surface area contributed by atoms with E-state index in [0.29, 0.717) is 11.5 Å². The van der Waals surface area contributed by atoms with Crippen molar-refractivity contribution in [2.45, 2.75) is 0 Å². The van der Waals surface area contributed by atoms with Gasteiger partial charge in [0.25, 0.3) is 0 Å². The number of hydrogen-bond acceptors (Lipinski definition) is 3. The molecule has 1 N–H and O–H groups in total. The molecule has 0 fully saturated rings. The van der Waals surface area contributed by atoms with Crippen LogP contribution in [-0.2, 0) is 0 Å². The third kappa shape index (κ3) is 1.72. The van der Waals surface area contributed by atoms with Gasteiger partial charge < -0.3 is 9.73 Å². The van der Waals surface area contributed by atoms with Crippen molar-refractivity contribution in [3.63, 3.8) is 0 Å². The fourth-order valence-electron chi connectivity index (χ4n) is 1.87. The van der Waals surface area contributed by atoms with Crippen LogP contribution in [0.25, 0.3) is 22.4 Å². The summed E-state index contributed by atoms with van der Waals surface area (Å²) in [4.78, 5) is 4.23. The maximum atomic E-state index is 13.5. The second-order valence-corrected chi connectivity index (χ2v) is 3.95. The number of anilines is 1. The third-order valence-corrected chi connectivity index (χ3v) is 2.80. The summed E-state index contributed by atoms with van der Waals surface area (Å²) in [7, 11) is 1.83. The number of nitrogens with one attached hydrogen (secondary N) is 1. The Labute approximate surface area is 103 Å². The number of aromatic nitrogens is 1. The molecule has 0 saturated carbocycles. The Kier molecular flexibility index (Phi) is 2.48. The highest BCUT2D eigenvalue weighted by molar-refractivity contribution is 5.82. The summed E-state index contributed by atoms with van der Waals surface area (Å²) >= 11 is 0. The first kappa shape index (κ1) is 10.8.